The molecule has 0 radical (unpaired) electrons. The molecular formula is C34H54F3N4+. The van der Waals surface area contributed by atoms with Crippen molar-refractivity contribution in [2.24, 2.45) is 0 Å². The number of unbranched alkanes of at least 4 members (excludes halogenated alkanes) is 1. The predicted molar refractivity (Wildman–Crippen MR) is 167 cm³/mol. The summed E-state index contributed by atoms with van der Waals surface area (Å²) in [6.07, 6.45) is 4.03. The molecule has 41 heavy (non-hydrogen) atoms. The van der Waals surface area contributed by atoms with Crippen LogP contribution in [0.2, 0.25) is 0 Å². The molecule has 1 heterocycles. The van der Waals surface area contributed by atoms with Gasteiger partial charge in [-0.2, -0.15) is 13.2 Å². The van der Waals surface area contributed by atoms with Gasteiger partial charge < -0.3 is 20.4 Å². The molecule has 2 rings (SSSR count). The minimum absolute atomic E-state index is 0.136. The van der Waals surface area contributed by atoms with E-state index in [0.717, 1.165) is 78.3 Å². The van der Waals surface area contributed by atoms with Crippen molar-refractivity contribution in [3.63, 3.8) is 0 Å². The second-order valence-electron chi connectivity index (χ2n) is 11.8. The lowest BCUT2D eigenvalue weighted by molar-refractivity contribution is -0.924. The molecule has 1 aromatic carbocycles. The van der Waals surface area contributed by atoms with Gasteiger partial charge in [0.15, 0.2) is 0 Å². The van der Waals surface area contributed by atoms with Gasteiger partial charge in [-0.05, 0) is 82.1 Å². The average molecular weight is 576 g/mol. The van der Waals surface area contributed by atoms with E-state index in [1.807, 2.05) is 13.0 Å². The third kappa shape index (κ3) is 12.1. The van der Waals surface area contributed by atoms with E-state index in [0.29, 0.717) is 17.7 Å². The van der Waals surface area contributed by atoms with Crippen LogP contribution in [0.25, 0.3) is 0 Å². The Morgan fingerprint density at radius 1 is 1.05 bits per heavy atom. The van der Waals surface area contributed by atoms with Crippen molar-refractivity contribution in [1.82, 2.24) is 16.0 Å². The van der Waals surface area contributed by atoms with Gasteiger partial charge in [0.2, 0.25) is 0 Å². The molecule has 7 heteroatoms. The molecular weight excluding hydrogens is 521 g/mol. The van der Waals surface area contributed by atoms with Gasteiger partial charge in [-0.15, -0.1) is 0 Å². The lowest BCUT2D eigenvalue weighted by Gasteiger charge is -2.41. The van der Waals surface area contributed by atoms with Crippen LogP contribution < -0.4 is 16.0 Å². The highest BCUT2D eigenvalue weighted by Gasteiger charge is 2.32. The lowest BCUT2D eigenvalue weighted by Crippen LogP contribution is -2.56. The van der Waals surface area contributed by atoms with Crippen molar-refractivity contribution in [3.8, 4) is 0 Å². The van der Waals surface area contributed by atoms with E-state index >= 15 is 0 Å². The van der Waals surface area contributed by atoms with Gasteiger partial charge in [0.25, 0.3) is 0 Å². The zero-order valence-electron chi connectivity index (χ0n) is 26.2. The Morgan fingerprint density at radius 3 is 2.27 bits per heavy atom. The largest absolute Gasteiger partial charge is 0.393 e. The second kappa shape index (κ2) is 16.8. The first-order chi connectivity index (χ1) is 19.4. The van der Waals surface area contributed by atoms with E-state index in [-0.39, 0.29) is 6.04 Å². The van der Waals surface area contributed by atoms with Crippen LogP contribution in [0, 0.1) is 0 Å². The van der Waals surface area contributed by atoms with Crippen LogP contribution in [-0.2, 0) is 13.0 Å². The summed E-state index contributed by atoms with van der Waals surface area (Å²) in [6, 6.07) is 7.01. The number of rotatable bonds is 16. The number of alkyl halides is 3. The SMILES string of the molecule is C=C(C[N+]1(CC(C)NCc2ccccc2CC(F)(F)F)CCCCCC1)NC(/C(C)=C\C)=C(/C)C(=C)NCCCC. The molecule has 0 amide bonds. The van der Waals surface area contributed by atoms with Gasteiger partial charge >= 0.3 is 6.18 Å². The van der Waals surface area contributed by atoms with E-state index in [4.69, 9.17) is 0 Å². The summed E-state index contributed by atoms with van der Waals surface area (Å²) in [6.45, 7) is 24.5. The smallest absolute Gasteiger partial charge is 0.385 e. The summed E-state index contributed by atoms with van der Waals surface area (Å²) >= 11 is 0. The molecule has 0 spiro atoms. The Balaban J connectivity index is 2.16. The van der Waals surface area contributed by atoms with Crippen molar-refractivity contribution in [1.29, 1.82) is 0 Å². The van der Waals surface area contributed by atoms with Crippen molar-refractivity contribution < 1.29 is 17.7 Å². The molecule has 230 valence electrons. The molecule has 1 aromatic rings. The first-order valence-corrected chi connectivity index (χ1v) is 15.3. The monoisotopic (exact) mass is 575 g/mol. The van der Waals surface area contributed by atoms with E-state index in [1.54, 1.807) is 18.2 Å². The molecule has 1 aliphatic rings. The topological polar surface area (TPSA) is 36.1 Å². The van der Waals surface area contributed by atoms with Gasteiger partial charge in [-0.3, -0.25) is 0 Å². The van der Waals surface area contributed by atoms with Crippen molar-refractivity contribution in [2.45, 2.75) is 98.3 Å². The van der Waals surface area contributed by atoms with Gasteiger partial charge in [0.1, 0.15) is 6.54 Å². The van der Waals surface area contributed by atoms with E-state index in [1.165, 1.54) is 25.7 Å². The summed E-state index contributed by atoms with van der Waals surface area (Å²) in [5.41, 5.74) is 6.25. The zero-order valence-corrected chi connectivity index (χ0v) is 26.2. The first kappa shape index (κ1) is 34.7. The number of hydrogen-bond acceptors (Lipinski definition) is 3. The zero-order chi connectivity index (χ0) is 30.5. The Hall–Kier alpha value is -2.51. The first-order valence-electron chi connectivity index (χ1n) is 15.3. The van der Waals surface area contributed by atoms with Crippen LogP contribution in [-0.4, -0.2) is 49.4 Å². The van der Waals surface area contributed by atoms with Gasteiger partial charge in [0, 0.05) is 24.5 Å². The molecule has 1 aliphatic heterocycles. The molecule has 1 saturated heterocycles. The third-order valence-corrected chi connectivity index (χ3v) is 8.18. The summed E-state index contributed by atoms with van der Waals surface area (Å²) in [4.78, 5) is 0. The highest BCUT2D eigenvalue weighted by Crippen LogP contribution is 2.25. The highest BCUT2D eigenvalue weighted by molar-refractivity contribution is 5.41. The lowest BCUT2D eigenvalue weighted by atomic mass is 10.0. The second-order valence-corrected chi connectivity index (χ2v) is 11.8. The van der Waals surface area contributed by atoms with Crippen molar-refractivity contribution in [2.75, 3.05) is 32.7 Å². The normalized spacial score (nSPS) is 17.3. The fourth-order valence-corrected chi connectivity index (χ4v) is 5.77. The summed E-state index contributed by atoms with van der Waals surface area (Å²) in [7, 11) is 0. The number of nitrogens with zero attached hydrogens (tertiary/aromatic N) is 1. The number of likely N-dealkylation sites (tertiary alicyclic amines) is 1. The van der Waals surface area contributed by atoms with E-state index in [9.17, 15) is 13.2 Å². The Labute approximate surface area is 247 Å². The fraction of sp³-hybridized carbons (Fsp3) is 0.588. The molecule has 0 bridgehead atoms. The summed E-state index contributed by atoms with van der Waals surface area (Å²) < 4.78 is 40.3. The van der Waals surface area contributed by atoms with Crippen LogP contribution in [0.5, 0.6) is 0 Å². The quantitative estimate of drug-likeness (QED) is 0.107. The number of benzene rings is 1. The molecule has 1 fully saturated rings. The van der Waals surface area contributed by atoms with E-state index in [2.05, 4.69) is 62.9 Å². The predicted octanol–water partition coefficient (Wildman–Crippen LogP) is 7.91. The third-order valence-electron chi connectivity index (χ3n) is 8.18. The Bertz CT molecular complexity index is 1050. The summed E-state index contributed by atoms with van der Waals surface area (Å²) in [5, 5.41) is 10.7. The molecule has 1 unspecified atom stereocenters. The van der Waals surface area contributed by atoms with Gasteiger partial charge in [-0.1, -0.05) is 56.8 Å². The Morgan fingerprint density at radius 2 is 1.68 bits per heavy atom. The van der Waals surface area contributed by atoms with Crippen LogP contribution in [0.3, 0.4) is 0 Å². The minimum atomic E-state index is -4.22. The molecule has 3 N–H and O–H groups in total. The maximum absolute atomic E-state index is 13.1. The number of halogens is 3. The summed E-state index contributed by atoms with van der Waals surface area (Å²) in [5.74, 6) is 0. The maximum atomic E-state index is 13.1. The molecule has 0 aromatic heterocycles. The number of allylic oxidation sites excluding steroid dienone is 3. The van der Waals surface area contributed by atoms with Crippen LogP contribution in [0.4, 0.5) is 13.2 Å². The molecule has 1 atom stereocenters. The van der Waals surface area contributed by atoms with Crippen molar-refractivity contribution in [3.05, 3.63) is 82.9 Å². The average Bonchev–Trinajstić information content (AvgIpc) is 3.14. The number of nitrogens with one attached hydrogen (secondary N) is 3. The van der Waals surface area contributed by atoms with Crippen LogP contribution in [0.15, 0.2) is 71.7 Å². The van der Waals surface area contributed by atoms with Crippen LogP contribution >= 0.6 is 0 Å². The minimum Gasteiger partial charge on any atom is -0.385 e. The van der Waals surface area contributed by atoms with E-state index < -0.39 is 12.6 Å². The standard InChI is InChI=1S/C34H54F3N4/c1-8-10-19-38-30(7)29(6)33(26(3)9-2)40-28(5)25-41(20-15-11-12-16-21-41)24-27(4)39-23-32-18-14-13-17-31(32)22-34(35,36)37/h9,13-14,17-18,27,38-40H,5,7-8,10-12,15-16,19-25H2,1-4,6H3/q+1/b26-9-,33-29-. The number of hydrogen-bond donors (Lipinski definition) is 3. The van der Waals surface area contributed by atoms with Crippen LogP contribution in [0.1, 0.15) is 84.3 Å². The number of quaternary nitrogens is 1. The van der Waals surface area contributed by atoms with Crippen molar-refractivity contribution >= 4 is 0 Å². The molecule has 4 nitrogen and oxygen atoms in total. The highest BCUT2D eigenvalue weighted by atomic mass is 19.4. The fourth-order valence-electron chi connectivity index (χ4n) is 5.77. The molecule has 0 aliphatic carbocycles. The Kier molecular flexibility index (Phi) is 14.2. The van der Waals surface area contributed by atoms with Gasteiger partial charge in [-0.25, -0.2) is 0 Å². The molecule has 0 saturated carbocycles. The van der Waals surface area contributed by atoms with Gasteiger partial charge in [0.05, 0.1) is 37.8 Å². The maximum Gasteiger partial charge on any atom is 0.393 e.